The molecule has 2 heterocycles. The summed E-state index contributed by atoms with van der Waals surface area (Å²) in [5, 5.41) is 15.2. The van der Waals surface area contributed by atoms with E-state index >= 15 is 0 Å². The van der Waals surface area contributed by atoms with E-state index in [9.17, 15) is 5.26 Å². The van der Waals surface area contributed by atoms with Crippen molar-refractivity contribution < 1.29 is 0 Å². The normalized spacial score (nSPS) is 11.3. The molecule has 48 heavy (non-hydrogen) atoms. The Morgan fingerprint density at radius 1 is 0.458 bits per heavy atom. The fraction of sp³-hybridized carbons (Fsp3) is 0. The van der Waals surface area contributed by atoms with Crippen molar-refractivity contribution >= 4 is 49.3 Å². The predicted molar refractivity (Wildman–Crippen MR) is 197 cm³/mol. The van der Waals surface area contributed by atoms with Crippen LogP contribution < -0.4 is 0 Å². The number of aromatic nitrogens is 2. The van der Waals surface area contributed by atoms with Crippen LogP contribution in [0, 0.1) is 17.9 Å². The molecule has 0 fully saturated rings. The summed E-state index contributed by atoms with van der Waals surface area (Å²) in [6.07, 6.45) is 0. The summed E-state index contributed by atoms with van der Waals surface area (Å²) in [7, 11) is 0. The minimum absolute atomic E-state index is 0.579. The van der Waals surface area contributed by atoms with E-state index in [0.29, 0.717) is 11.3 Å². The second-order valence-electron chi connectivity index (χ2n) is 11.9. The molecule has 7 aromatic carbocycles. The molecule has 0 saturated carbocycles. The molecule has 0 bridgehead atoms. The number of rotatable bonds is 4. The summed E-state index contributed by atoms with van der Waals surface area (Å²) < 4.78 is 4.47. The lowest BCUT2D eigenvalue weighted by atomic mass is 9.92. The average molecular weight is 611 g/mol. The van der Waals surface area contributed by atoms with Gasteiger partial charge >= 0.3 is 0 Å². The quantitative estimate of drug-likeness (QED) is 0.183. The van der Waals surface area contributed by atoms with Crippen molar-refractivity contribution in [2.75, 3.05) is 0 Å². The molecule has 0 radical (unpaired) electrons. The number of nitriles is 1. The minimum atomic E-state index is 0.579. The summed E-state index contributed by atoms with van der Waals surface area (Å²) in [4.78, 5) is 3.81. The van der Waals surface area contributed by atoms with Crippen LogP contribution >= 0.6 is 0 Å². The Kier molecular flexibility index (Phi) is 6.22. The van der Waals surface area contributed by atoms with Gasteiger partial charge in [-0.1, -0.05) is 115 Å². The molecule has 4 heteroatoms. The number of hydrogen-bond acceptors (Lipinski definition) is 1. The summed E-state index contributed by atoms with van der Waals surface area (Å²) >= 11 is 0. The fourth-order valence-corrected chi connectivity index (χ4v) is 7.32. The topological polar surface area (TPSA) is 38.0 Å². The van der Waals surface area contributed by atoms with Crippen LogP contribution in [0.1, 0.15) is 5.56 Å². The van der Waals surface area contributed by atoms with Gasteiger partial charge in [0.15, 0.2) is 5.69 Å². The van der Waals surface area contributed by atoms with E-state index in [4.69, 9.17) is 6.57 Å². The first-order valence-electron chi connectivity index (χ1n) is 15.9. The minimum Gasteiger partial charge on any atom is -0.310 e. The number of fused-ring (bicyclic) bond motifs is 6. The zero-order valence-electron chi connectivity index (χ0n) is 25.8. The van der Waals surface area contributed by atoms with Crippen molar-refractivity contribution in [2.45, 2.75) is 0 Å². The van der Waals surface area contributed by atoms with Gasteiger partial charge < -0.3 is 9.13 Å². The Balaban J connectivity index is 1.27. The lowest BCUT2D eigenvalue weighted by Gasteiger charge is -2.18. The standard InChI is InChI=1S/C44H26N4/c1-46-31-23-24-38(44(27-31)48-42-20-10-6-16-36(42)37-17-7-11-21-43(37)48)33-13-3-2-12-32(33)29-22-25-39(30(26-29)28-45)47-40-18-8-4-14-34(40)35-15-5-9-19-41(35)47/h2-27H. The number of para-hydroxylation sites is 4. The van der Waals surface area contributed by atoms with Gasteiger partial charge in [0.25, 0.3) is 0 Å². The predicted octanol–water partition coefficient (Wildman–Crippen LogP) is 11.6. The van der Waals surface area contributed by atoms with E-state index in [1.54, 1.807) is 0 Å². The monoisotopic (exact) mass is 610 g/mol. The molecule has 2 aromatic heterocycles. The second kappa shape index (κ2) is 10.9. The molecule has 0 aliphatic carbocycles. The van der Waals surface area contributed by atoms with Gasteiger partial charge in [0.05, 0.1) is 39.9 Å². The van der Waals surface area contributed by atoms with Gasteiger partial charge in [0.2, 0.25) is 0 Å². The highest BCUT2D eigenvalue weighted by molar-refractivity contribution is 6.11. The average Bonchev–Trinajstić information content (AvgIpc) is 3.67. The second-order valence-corrected chi connectivity index (χ2v) is 11.9. The van der Waals surface area contributed by atoms with Crippen LogP contribution in [0.4, 0.5) is 5.69 Å². The van der Waals surface area contributed by atoms with Gasteiger partial charge in [-0.3, -0.25) is 0 Å². The van der Waals surface area contributed by atoms with Crippen molar-refractivity contribution in [3.05, 3.63) is 175 Å². The highest BCUT2D eigenvalue weighted by atomic mass is 15.0. The van der Waals surface area contributed by atoms with E-state index in [0.717, 1.165) is 66.5 Å². The van der Waals surface area contributed by atoms with Gasteiger partial charge in [-0.25, -0.2) is 4.85 Å². The zero-order chi connectivity index (χ0) is 32.2. The summed E-state index contributed by atoms with van der Waals surface area (Å²) in [6, 6.07) is 56.5. The Bertz CT molecular complexity index is 2710. The molecule has 9 aromatic rings. The van der Waals surface area contributed by atoms with Crippen molar-refractivity contribution in [1.29, 1.82) is 5.26 Å². The lowest BCUT2D eigenvalue weighted by molar-refractivity contribution is 1.17. The molecular formula is C44H26N4. The van der Waals surface area contributed by atoms with Crippen molar-refractivity contribution in [3.8, 4) is 39.7 Å². The van der Waals surface area contributed by atoms with Gasteiger partial charge in [0.1, 0.15) is 6.07 Å². The lowest BCUT2D eigenvalue weighted by Crippen LogP contribution is -1.99. The third-order valence-electron chi connectivity index (χ3n) is 9.40. The SMILES string of the molecule is [C-]#[N+]c1ccc(-c2ccccc2-c2ccc(-n3c4ccccc4c4ccccc43)c(C#N)c2)c(-n2c3ccccc3c3ccccc32)c1. The van der Waals surface area contributed by atoms with E-state index in [2.05, 4.69) is 141 Å². The smallest absolute Gasteiger partial charge is 0.189 e. The molecule has 222 valence electrons. The molecule has 0 N–H and O–H groups in total. The van der Waals surface area contributed by atoms with Crippen LogP contribution in [0.15, 0.2) is 158 Å². The Labute approximate surface area is 277 Å². The first kappa shape index (κ1) is 27.4. The van der Waals surface area contributed by atoms with Crippen molar-refractivity contribution in [3.63, 3.8) is 0 Å². The van der Waals surface area contributed by atoms with E-state index in [1.165, 1.54) is 10.8 Å². The maximum atomic E-state index is 10.6. The van der Waals surface area contributed by atoms with Crippen LogP contribution in [-0.2, 0) is 0 Å². The maximum absolute atomic E-state index is 10.6. The van der Waals surface area contributed by atoms with E-state index in [1.807, 2.05) is 36.4 Å². The molecule has 0 amide bonds. The molecule has 9 rings (SSSR count). The third-order valence-corrected chi connectivity index (χ3v) is 9.40. The van der Waals surface area contributed by atoms with Crippen LogP contribution in [0.3, 0.4) is 0 Å². The van der Waals surface area contributed by atoms with E-state index < -0.39 is 0 Å². The zero-order valence-corrected chi connectivity index (χ0v) is 25.8. The van der Waals surface area contributed by atoms with Crippen LogP contribution in [0.25, 0.3) is 82.1 Å². The fourth-order valence-electron chi connectivity index (χ4n) is 7.32. The Hall–Kier alpha value is -6.88. The molecule has 0 spiro atoms. The molecule has 0 atom stereocenters. The number of hydrogen-bond donors (Lipinski definition) is 0. The van der Waals surface area contributed by atoms with Crippen LogP contribution in [0.2, 0.25) is 0 Å². The van der Waals surface area contributed by atoms with Crippen LogP contribution in [-0.4, -0.2) is 9.13 Å². The van der Waals surface area contributed by atoms with Gasteiger partial charge in [-0.2, -0.15) is 5.26 Å². The molecule has 0 aliphatic rings. The maximum Gasteiger partial charge on any atom is 0.189 e. The first-order valence-corrected chi connectivity index (χ1v) is 15.9. The first-order chi connectivity index (χ1) is 23.7. The van der Waals surface area contributed by atoms with Gasteiger partial charge in [0, 0.05) is 32.8 Å². The number of nitrogens with zero attached hydrogens (tertiary/aromatic N) is 4. The molecule has 0 saturated heterocycles. The molecule has 0 unspecified atom stereocenters. The largest absolute Gasteiger partial charge is 0.310 e. The van der Waals surface area contributed by atoms with Crippen molar-refractivity contribution in [1.82, 2.24) is 9.13 Å². The Morgan fingerprint density at radius 2 is 0.938 bits per heavy atom. The molecule has 0 aliphatic heterocycles. The summed E-state index contributed by atoms with van der Waals surface area (Å²) in [5.41, 5.74) is 11.3. The summed E-state index contributed by atoms with van der Waals surface area (Å²) in [5.74, 6) is 0. The Morgan fingerprint density at radius 3 is 1.46 bits per heavy atom. The van der Waals surface area contributed by atoms with Crippen LogP contribution in [0.5, 0.6) is 0 Å². The van der Waals surface area contributed by atoms with Crippen molar-refractivity contribution in [2.24, 2.45) is 0 Å². The molecule has 4 nitrogen and oxygen atoms in total. The number of benzene rings is 7. The van der Waals surface area contributed by atoms with Gasteiger partial charge in [-0.15, -0.1) is 0 Å². The highest BCUT2D eigenvalue weighted by Gasteiger charge is 2.20. The summed E-state index contributed by atoms with van der Waals surface area (Å²) in [6.45, 7) is 7.85. The van der Waals surface area contributed by atoms with E-state index in [-0.39, 0.29) is 0 Å². The third kappa shape index (κ3) is 4.07. The van der Waals surface area contributed by atoms with Gasteiger partial charge in [-0.05, 0) is 59.2 Å². The molecular weight excluding hydrogens is 585 g/mol. The highest BCUT2D eigenvalue weighted by Crippen LogP contribution is 2.42.